The van der Waals surface area contributed by atoms with Crippen LogP contribution >= 0.6 is 11.3 Å². The molecule has 156 valence electrons. The van der Waals surface area contributed by atoms with Crippen LogP contribution in [-0.4, -0.2) is 28.1 Å². The van der Waals surface area contributed by atoms with Crippen LogP contribution in [0, 0.1) is 17.6 Å². The van der Waals surface area contributed by atoms with Crippen molar-refractivity contribution in [2.45, 2.75) is 26.3 Å². The van der Waals surface area contributed by atoms with Gasteiger partial charge in [-0.3, -0.25) is 14.9 Å². The third-order valence-corrected chi connectivity index (χ3v) is 5.53. The van der Waals surface area contributed by atoms with Crippen molar-refractivity contribution in [2.24, 2.45) is 5.92 Å². The Kier molecular flexibility index (Phi) is 6.83. The molecule has 30 heavy (non-hydrogen) atoms. The molecule has 2 unspecified atom stereocenters. The Labute approximate surface area is 176 Å². The molecule has 0 aliphatic carbocycles. The molecule has 6 nitrogen and oxygen atoms in total. The van der Waals surface area contributed by atoms with Crippen molar-refractivity contribution in [1.82, 2.24) is 15.5 Å². The number of hydrogen-bond donors (Lipinski definition) is 2. The Morgan fingerprint density at radius 3 is 2.43 bits per heavy atom. The lowest BCUT2D eigenvalue weighted by molar-refractivity contribution is -0.119. The third-order valence-electron chi connectivity index (χ3n) is 4.65. The smallest absolute Gasteiger partial charge is 0.254 e. The average molecular weight is 430 g/mol. The zero-order valence-electron chi connectivity index (χ0n) is 16.4. The monoisotopic (exact) mass is 430 g/mol. The van der Waals surface area contributed by atoms with Gasteiger partial charge in [0.25, 0.3) is 5.91 Å². The van der Waals surface area contributed by atoms with Crippen LogP contribution in [0.4, 0.5) is 13.9 Å². The zero-order chi connectivity index (χ0) is 21.7. The van der Waals surface area contributed by atoms with Crippen LogP contribution in [0.3, 0.4) is 0 Å². The number of rotatable bonds is 7. The minimum Gasteiger partial charge on any atom is -0.340 e. The van der Waals surface area contributed by atoms with Gasteiger partial charge in [-0.25, -0.2) is 8.78 Å². The maximum absolute atomic E-state index is 13.9. The van der Waals surface area contributed by atoms with Gasteiger partial charge in [0.2, 0.25) is 11.0 Å². The Hall–Kier alpha value is -3.20. The number of anilines is 1. The number of carbonyl (C=O) groups is 2. The maximum atomic E-state index is 13.9. The van der Waals surface area contributed by atoms with Crippen molar-refractivity contribution >= 4 is 28.3 Å². The molecule has 3 aromatic rings. The molecule has 9 heteroatoms. The van der Waals surface area contributed by atoms with E-state index in [0.29, 0.717) is 17.0 Å². The molecule has 1 aromatic heterocycles. The van der Waals surface area contributed by atoms with Crippen LogP contribution in [0.2, 0.25) is 0 Å². The number of nitrogens with one attached hydrogen (secondary N) is 2. The van der Waals surface area contributed by atoms with E-state index in [-0.39, 0.29) is 22.4 Å². The van der Waals surface area contributed by atoms with Gasteiger partial charge in [0, 0.05) is 5.56 Å². The van der Waals surface area contributed by atoms with E-state index in [1.165, 1.54) is 30.3 Å². The SMILES string of the molecule is CCC(C)C(NC(=O)c1ccccc1F)C(=O)Nc1nnc(-c2ccc(F)cc2)s1. The van der Waals surface area contributed by atoms with E-state index in [1.807, 2.05) is 13.8 Å². The molecule has 2 atom stereocenters. The van der Waals surface area contributed by atoms with Crippen molar-refractivity contribution in [3.63, 3.8) is 0 Å². The van der Waals surface area contributed by atoms with Crippen LogP contribution in [0.1, 0.15) is 30.6 Å². The van der Waals surface area contributed by atoms with Gasteiger partial charge in [-0.15, -0.1) is 10.2 Å². The predicted molar refractivity (Wildman–Crippen MR) is 111 cm³/mol. The molecule has 2 aromatic carbocycles. The Bertz CT molecular complexity index is 1040. The van der Waals surface area contributed by atoms with Crippen molar-refractivity contribution in [3.8, 4) is 10.6 Å². The van der Waals surface area contributed by atoms with E-state index >= 15 is 0 Å². The lowest BCUT2D eigenvalue weighted by Gasteiger charge is -2.23. The highest BCUT2D eigenvalue weighted by atomic mass is 32.1. The van der Waals surface area contributed by atoms with Crippen LogP contribution in [0.5, 0.6) is 0 Å². The molecular formula is C21H20F2N4O2S. The first-order chi connectivity index (χ1) is 14.4. The average Bonchev–Trinajstić information content (AvgIpc) is 3.20. The normalized spacial score (nSPS) is 12.8. The molecule has 2 N–H and O–H groups in total. The van der Waals surface area contributed by atoms with E-state index < -0.39 is 23.7 Å². The number of carbonyl (C=O) groups excluding carboxylic acids is 2. The molecular weight excluding hydrogens is 410 g/mol. The second-order valence-corrected chi connectivity index (χ2v) is 7.70. The van der Waals surface area contributed by atoms with Crippen molar-refractivity contribution in [1.29, 1.82) is 0 Å². The van der Waals surface area contributed by atoms with Crippen molar-refractivity contribution in [2.75, 3.05) is 5.32 Å². The summed E-state index contributed by atoms with van der Waals surface area (Å²) in [6, 6.07) is 10.4. The summed E-state index contributed by atoms with van der Waals surface area (Å²) in [5.74, 6) is -2.37. The van der Waals surface area contributed by atoms with E-state index in [1.54, 1.807) is 18.2 Å². The van der Waals surface area contributed by atoms with Gasteiger partial charge in [-0.2, -0.15) is 0 Å². The van der Waals surface area contributed by atoms with Crippen molar-refractivity contribution < 1.29 is 18.4 Å². The maximum Gasteiger partial charge on any atom is 0.254 e. The van der Waals surface area contributed by atoms with Crippen LogP contribution in [0.25, 0.3) is 10.6 Å². The summed E-state index contributed by atoms with van der Waals surface area (Å²) in [7, 11) is 0. The fourth-order valence-corrected chi connectivity index (χ4v) is 3.48. The van der Waals surface area contributed by atoms with Gasteiger partial charge in [0.15, 0.2) is 0 Å². The zero-order valence-corrected chi connectivity index (χ0v) is 17.2. The third kappa shape index (κ3) is 5.04. The lowest BCUT2D eigenvalue weighted by atomic mass is 9.98. The highest BCUT2D eigenvalue weighted by molar-refractivity contribution is 7.18. The molecule has 0 fully saturated rings. The Balaban J connectivity index is 1.74. The van der Waals surface area contributed by atoms with E-state index in [2.05, 4.69) is 20.8 Å². The number of benzene rings is 2. The molecule has 3 rings (SSSR count). The molecule has 0 spiro atoms. The highest BCUT2D eigenvalue weighted by Crippen LogP contribution is 2.26. The van der Waals surface area contributed by atoms with Gasteiger partial charge >= 0.3 is 0 Å². The lowest BCUT2D eigenvalue weighted by Crippen LogP contribution is -2.47. The van der Waals surface area contributed by atoms with Crippen LogP contribution < -0.4 is 10.6 Å². The fourth-order valence-electron chi connectivity index (χ4n) is 2.73. The second-order valence-electron chi connectivity index (χ2n) is 6.73. The summed E-state index contributed by atoms with van der Waals surface area (Å²) < 4.78 is 27.0. The molecule has 0 aliphatic heterocycles. The molecule has 0 radical (unpaired) electrons. The summed E-state index contributed by atoms with van der Waals surface area (Å²) in [6.45, 7) is 3.70. The Morgan fingerprint density at radius 1 is 1.07 bits per heavy atom. The van der Waals surface area contributed by atoms with Gasteiger partial charge in [-0.05, 0) is 42.3 Å². The number of hydrogen-bond acceptors (Lipinski definition) is 5. The highest BCUT2D eigenvalue weighted by Gasteiger charge is 2.28. The first-order valence-corrected chi connectivity index (χ1v) is 10.2. The number of halogens is 2. The number of amides is 2. The molecule has 2 amide bonds. The molecule has 0 saturated carbocycles. The van der Waals surface area contributed by atoms with E-state index in [0.717, 1.165) is 11.3 Å². The Morgan fingerprint density at radius 2 is 1.77 bits per heavy atom. The number of aromatic nitrogens is 2. The summed E-state index contributed by atoms with van der Waals surface area (Å²) in [4.78, 5) is 25.3. The fraction of sp³-hybridized carbons (Fsp3) is 0.238. The largest absolute Gasteiger partial charge is 0.340 e. The summed E-state index contributed by atoms with van der Waals surface area (Å²) in [6.07, 6.45) is 0.618. The number of nitrogens with zero attached hydrogens (tertiary/aromatic N) is 2. The summed E-state index contributed by atoms with van der Waals surface area (Å²) in [5.41, 5.74) is 0.536. The standard InChI is InChI=1S/C21H20F2N4O2S/c1-3-12(2)17(24-18(28)15-6-4-5-7-16(15)23)19(29)25-21-27-26-20(30-21)13-8-10-14(22)11-9-13/h4-12,17H,3H2,1-2H3,(H,24,28)(H,25,27,29). The predicted octanol–water partition coefficient (Wildman–Crippen LogP) is 4.27. The second kappa shape index (κ2) is 9.53. The molecule has 0 aliphatic rings. The van der Waals surface area contributed by atoms with Crippen molar-refractivity contribution in [3.05, 3.63) is 65.7 Å². The van der Waals surface area contributed by atoms with E-state index in [4.69, 9.17) is 0 Å². The topological polar surface area (TPSA) is 84.0 Å². The summed E-state index contributed by atoms with van der Waals surface area (Å²) in [5, 5.41) is 14.0. The van der Waals surface area contributed by atoms with E-state index in [9.17, 15) is 18.4 Å². The summed E-state index contributed by atoms with van der Waals surface area (Å²) >= 11 is 1.13. The minimum absolute atomic E-state index is 0.131. The van der Waals surface area contributed by atoms with Gasteiger partial charge in [0.1, 0.15) is 22.7 Å². The molecule has 0 bridgehead atoms. The quantitative estimate of drug-likeness (QED) is 0.586. The first-order valence-electron chi connectivity index (χ1n) is 9.34. The van der Waals surface area contributed by atoms with Gasteiger partial charge in [0.05, 0.1) is 5.56 Å². The van der Waals surface area contributed by atoms with Gasteiger partial charge in [-0.1, -0.05) is 43.7 Å². The van der Waals surface area contributed by atoms with Gasteiger partial charge < -0.3 is 5.32 Å². The molecule has 1 heterocycles. The molecule has 0 saturated heterocycles. The van der Waals surface area contributed by atoms with Crippen LogP contribution in [-0.2, 0) is 4.79 Å². The minimum atomic E-state index is -0.889. The first kappa shape index (κ1) is 21.5. The van der Waals surface area contributed by atoms with Crippen LogP contribution in [0.15, 0.2) is 48.5 Å².